The van der Waals surface area contributed by atoms with Crippen LogP contribution in [0.2, 0.25) is 5.02 Å². The minimum absolute atomic E-state index is 0.0531. The summed E-state index contributed by atoms with van der Waals surface area (Å²) in [6.07, 6.45) is -3.74. The van der Waals surface area contributed by atoms with Gasteiger partial charge in [0.25, 0.3) is 11.8 Å². The van der Waals surface area contributed by atoms with Crippen molar-refractivity contribution in [3.63, 3.8) is 0 Å². The summed E-state index contributed by atoms with van der Waals surface area (Å²) in [7, 11) is 0. The van der Waals surface area contributed by atoms with Crippen LogP contribution in [0.1, 0.15) is 21.5 Å². The van der Waals surface area contributed by atoms with Crippen LogP contribution < -0.4 is 10.7 Å². The highest BCUT2D eigenvalue weighted by Crippen LogP contribution is 2.31. The molecule has 0 aliphatic rings. The van der Waals surface area contributed by atoms with Gasteiger partial charge in [-0.2, -0.15) is 18.3 Å². The van der Waals surface area contributed by atoms with E-state index in [4.69, 9.17) is 11.6 Å². The lowest BCUT2D eigenvalue weighted by Crippen LogP contribution is -2.35. The van der Waals surface area contributed by atoms with Gasteiger partial charge in [0.2, 0.25) is 0 Å². The molecule has 0 fully saturated rings. The van der Waals surface area contributed by atoms with E-state index < -0.39 is 41.5 Å². The fourth-order valence-electron chi connectivity index (χ4n) is 2.03. The lowest BCUT2D eigenvalue weighted by molar-refractivity contribution is -0.137. The summed E-state index contributed by atoms with van der Waals surface area (Å²) in [5, 5.41) is 5.62. The van der Waals surface area contributed by atoms with E-state index in [0.29, 0.717) is 0 Å². The molecule has 0 heterocycles. The van der Waals surface area contributed by atoms with Gasteiger partial charge in [-0.3, -0.25) is 9.59 Å². The van der Waals surface area contributed by atoms with Crippen molar-refractivity contribution < 1.29 is 27.2 Å². The summed E-state index contributed by atoms with van der Waals surface area (Å²) < 4.78 is 52.2. The minimum Gasteiger partial charge on any atom is -0.343 e. The van der Waals surface area contributed by atoms with E-state index in [-0.39, 0.29) is 10.6 Å². The second-order valence-corrected chi connectivity index (χ2v) is 5.56. The summed E-state index contributed by atoms with van der Waals surface area (Å²) >= 11 is 5.77. The van der Waals surface area contributed by atoms with Gasteiger partial charge in [-0.25, -0.2) is 9.82 Å². The predicted molar refractivity (Wildman–Crippen MR) is 90.9 cm³/mol. The van der Waals surface area contributed by atoms with E-state index in [2.05, 4.69) is 10.4 Å². The number of hydrogen-bond acceptors (Lipinski definition) is 3. The summed E-state index contributed by atoms with van der Waals surface area (Å²) in [6.45, 7) is -0.632. The highest BCUT2D eigenvalue weighted by Gasteiger charge is 2.34. The van der Waals surface area contributed by atoms with E-state index >= 15 is 0 Å². The summed E-state index contributed by atoms with van der Waals surface area (Å²) in [5.74, 6) is -2.55. The van der Waals surface area contributed by atoms with Gasteiger partial charge in [-0.1, -0.05) is 29.8 Å². The molecule has 0 aliphatic heterocycles. The third-order valence-corrected chi connectivity index (χ3v) is 3.60. The minimum atomic E-state index is -4.71. The van der Waals surface area contributed by atoms with Gasteiger partial charge in [0.05, 0.1) is 28.9 Å². The van der Waals surface area contributed by atoms with E-state index in [1.165, 1.54) is 18.2 Å². The average Bonchev–Trinajstić information content (AvgIpc) is 2.61. The Bertz CT molecular complexity index is 864. The SMILES string of the molecule is O=C(CNC(=O)c1ccccc1C(F)(F)F)N/N=C/c1c(F)cccc1Cl. The summed E-state index contributed by atoms with van der Waals surface area (Å²) in [6, 6.07) is 8.13. The van der Waals surface area contributed by atoms with Gasteiger partial charge in [0, 0.05) is 5.56 Å². The maximum atomic E-state index is 13.5. The molecule has 2 rings (SSSR count). The van der Waals surface area contributed by atoms with Crippen molar-refractivity contribution in [1.29, 1.82) is 0 Å². The number of nitrogens with one attached hydrogen (secondary N) is 2. The Balaban J connectivity index is 1.95. The molecule has 0 unspecified atom stereocenters. The highest BCUT2D eigenvalue weighted by atomic mass is 35.5. The van der Waals surface area contributed by atoms with Crippen LogP contribution in [0.25, 0.3) is 0 Å². The Hall–Kier alpha value is -2.94. The van der Waals surface area contributed by atoms with Crippen molar-refractivity contribution in [3.05, 3.63) is 70.0 Å². The van der Waals surface area contributed by atoms with Crippen LogP contribution in [0.15, 0.2) is 47.6 Å². The number of nitrogens with zero attached hydrogens (tertiary/aromatic N) is 1. The fourth-order valence-corrected chi connectivity index (χ4v) is 2.24. The predicted octanol–water partition coefficient (Wildman–Crippen LogP) is 3.38. The molecular formula is C17H12ClF4N3O2. The first kappa shape index (κ1) is 20.4. The Kier molecular flexibility index (Phi) is 6.51. The second-order valence-electron chi connectivity index (χ2n) is 5.15. The molecule has 0 aromatic heterocycles. The molecule has 2 N–H and O–H groups in total. The quantitative estimate of drug-likeness (QED) is 0.458. The van der Waals surface area contributed by atoms with Crippen LogP contribution in [0.5, 0.6) is 0 Å². The molecule has 2 aromatic carbocycles. The first-order valence-electron chi connectivity index (χ1n) is 7.40. The van der Waals surface area contributed by atoms with Gasteiger partial charge in [0.15, 0.2) is 0 Å². The molecule has 0 saturated carbocycles. The van der Waals surface area contributed by atoms with Gasteiger partial charge in [0.1, 0.15) is 5.82 Å². The molecule has 10 heteroatoms. The van der Waals surface area contributed by atoms with Crippen molar-refractivity contribution in [2.24, 2.45) is 5.10 Å². The number of hydrogen-bond donors (Lipinski definition) is 2. The van der Waals surface area contributed by atoms with Crippen LogP contribution in [0.4, 0.5) is 17.6 Å². The molecule has 2 aromatic rings. The number of amides is 2. The normalized spacial score (nSPS) is 11.4. The van der Waals surface area contributed by atoms with Crippen LogP contribution in [0.3, 0.4) is 0 Å². The molecule has 0 spiro atoms. The molecule has 0 saturated heterocycles. The van der Waals surface area contributed by atoms with Crippen LogP contribution in [0, 0.1) is 5.82 Å². The molecule has 0 atom stereocenters. The van der Waals surface area contributed by atoms with Gasteiger partial charge < -0.3 is 5.32 Å². The lowest BCUT2D eigenvalue weighted by atomic mass is 10.1. The van der Waals surface area contributed by atoms with Gasteiger partial charge in [-0.15, -0.1) is 0 Å². The molecule has 0 aliphatic carbocycles. The van der Waals surface area contributed by atoms with Crippen molar-refractivity contribution in [1.82, 2.24) is 10.7 Å². The van der Waals surface area contributed by atoms with Gasteiger partial charge >= 0.3 is 6.18 Å². The smallest absolute Gasteiger partial charge is 0.343 e. The van der Waals surface area contributed by atoms with Crippen LogP contribution in [-0.4, -0.2) is 24.6 Å². The van der Waals surface area contributed by atoms with E-state index in [1.54, 1.807) is 0 Å². The Labute approximate surface area is 156 Å². The highest BCUT2D eigenvalue weighted by molar-refractivity contribution is 6.33. The van der Waals surface area contributed by atoms with Crippen LogP contribution in [-0.2, 0) is 11.0 Å². The lowest BCUT2D eigenvalue weighted by Gasteiger charge is -2.12. The summed E-state index contributed by atoms with van der Waals surface area (Å²) in [5.41, 5.74) is 0.225. The fraction of sp³-hybridized carbons (Fsp3) is 0.118. The monoisotopic (exact) mass is 401 g/mol. The third kappa shape index (κ3) is 5.52. The standard InChI is InChI=1S/C17H12ClF4N3O2/c18-13-6-3-7-14(19)11(13)8-24-25-15(26)9-23-16(27)10-4-1-2-5-12(10)17(20,21)22/h1-8H,9H2,(H,23,27)(H,25,26)/b24-8+. The van der Waals surface area contributed by atoms with E-state index in [9.17, 15) is 27.2 Å². The first-order valence-corrected chi connectivity index (χ1v) is 7.78. The van der Waals surface area contributed by atoms with Gasteiger partial charge in [-0.05, 0) is 24.3 Å². The number of rotatable bonds is 5. The van der Waals surface area contributed by atoms with E-state index in [0.717, 1.165) is 30.5 Å². The molecule has 5 nitrogen and oxygen atoms in total. The largest absolute Gasteiger partial charge is 0.417 e. The van der Waals surface area contributed by atoms with Crippen molar-refractivity contribution >= 4 is 29.6 Å². The number of carbonyl (C=O) groups is 2. The zero-order chi connectivity index (χ0) is 20.0. The molecular weight excluding hydrogens is 390 g/mol. The molecule has 2 amide bonds. The first-order chi connectivity index (χ1) is 12.7. The third-order valence-electron chi connectivity index (χ3n) is 3.27. The zero-order valence-electron chi connectivity index (χ0n) is 13.5. The maximum Gasteiger partial charge on any atom is 0.417 e. The number of halogens is 5. The second kappa shape index (κ2) is 8.63. The molecule has 27 heavy (non-hydrogen) atoms. The van der Waals surface area contributed by atoms with Crippen molar-refractivity contribution in [2.75, 3.05) is 6.54 Å². The molecule has 142 valence electrons. The zero-order valence-corrected chi connectivity index (χ0v) is 14.2. The maximum absolute atomic E-state index is 13.5. The van der Waals surface area contributed by atoms with E-state index in [1.807, 2.05) is 5.43 Å². The number of carbonyl (C=O) groups excluding carboxylic acids is 2. The Morgan fingerprint density at radius 1 is 1.11 bits per heavy atom. The van der Waals surface area contributed by atoms with Crippen molar-refractivity contribution in [2.45, 2.75) is 6.18 Å². The topological polar surface area (TPSA) is 70.6 Å². The molecule has 0 bridgehead atoms. The molecule has 0 radical (unpaired) electrons. The Morgan fingerprint density at radius 3 is 2.48 bits per heavy atom. The number of alkyl halides is 3. The average molecular weight is 402 g/mol. The number of hydrazone groups is 1. The Morgan fingerprint density at radius 2 is 1.81 bits per heavy atom. The van der Waals surface area contributed by atoms with Crippen molar-refractivity contribution in [3.8, 4) is 0 Å². The van der Waals surface area contributed by atoms with Crippen LogP contribution >= 0.6 is 11.6 Å². The summed E-state index contributed by atoms with van der Waals surface area (Å²) in [4.78, 5) is 23.5. The number of benzene rings is 2.